The molecule has 0 unspecified atom stereocenters. The molecule has 18 heavy (non-hydrogen) atoms. The second kappa shape index (κ2) is 4.16. The van der Waals surface area contributed by atoms with Gasteiger partial charge in [0.15, 0.2) is 5.65 Å². The van der Waals surface area contributed by atoms with Crippen LogP contribution in [0.25, 0.3) is 11.2 Å². The number of nitrogens with zero attached hydrogens (tertiary/aromatic N) is 5. The van der Waals surface area contributed by atoms with Crippen molar-refractivity contribution in [1.29, 1.82) is 0 Å². The van der Waals surface area contributed by atoms with Gasteiger partial charge in [-0.3, -0.25) is 0 Å². The Bertz CT molecular complexity index is 717. The number of pyridine rings is 1. The minimum Gasteiger partial charge on any atom is -0.424 e. The fourth-order valence-electron chi connectivity index (χ4n) is 1.83. The summed E-state index contributed by atoms with van der Waals surface area (Å²) in [5, 5.41) is 7.81. The summed E-state index contributed by atoms with van der Waals surface area (Å²) in [6.45, 7) is 4.20. The average molecular weight is 308 g/mol. The molecule has 0 radical (unpaired) electrons. The van der Waals surface area contributed by atoms with Crippen molar-refractivity contribution < 1.29 is 4.42 Å². The van der Waals surface area contributed by atoms with Crippen molar-refractivity contribution in [3.63, 3.8) is 0 Å². The zero-order chi connectivity index (χ0) is 12.7. The molecule has 3 heterocycles. The van der Waals surface area contributed by atoms with Crippen molar-refractivity contribution in [2.24, 2.45) is 0 Å². The van der Waals surface area contributed by atoms with E-state index in [1.165, 1.54) is 0 Å². The van der Waals surface area contributed by atoms with Gasteiger partial charge in [0.25, 0.3) is 0 Å². The topological polar surface area (TPSA) is 69.6 Å². The molecule has 0 spiro atoms. The predicted molar refractivity (Wildman–Crippen MR) is 68.1 cm³/mol. The van der Waals surface area contributed by atoms with E-state index in [2.05, 4.69) is 36.1 Å². The van der Waals surface area contributed by atoms with Gasteiger partial charge in [0, 0.05) is 17.6 Å². The van der Waals surface area contributed by atoms with Gasteiger partial charge in [0.2, 0.25) is 11.8 Å². The van der Waals surface area contributed by atoms with Crippen molar-refractivity contribution in [1.82, 2.24) is 24.7 Å². The van der Waals surface area contributed by atoms with E-state index in [0.29, 0.717) is 24.0 Å². The minimum absolute atomic E-state index is 0.501. The maximum atomic E-state index is 5.39. The van der Waals surface area contributed by atoms with Crippen LogP contribution in [0.4, 0.5) is 0 Å². The average Bonchev–Trinajstić information content (AvgIpc) is 2.86. The highest BCUT2D eigenvalue weighted by Gasteiger charge is 2.12. The van der Waals surface area contributed by atoms with Gasteiger partial charge in [-0.15, -0.1) is 10.2 Å². The molecule has 3 aromatic heterocycles. The zero-order valence-electron chi connectivity index (χ0n) is 9.88. The van der Waals surface area contributed by atoms with Crippen molar-refractivity contribution >= 4 is 27.1 Å². The third kappa shape index (κ3) is 1.90. The van der Waals surface area contributed by atoms with E-state index in [-0.39, 0.29) is 0 Å². The normalized spacial score (nSPS) is 11.3. The van der Waals surface area contributed by atoms with Gasteiger partial charge in [-0.2, -0.15) is 0 Å². The van der Waals surface area contributed by atoms with Gasteiger partial charge < -0.3 is 8.98 Å². The Morgan fingerprint density at radius 3 is 2.89 bits per heavy atom. The van der Waals surface area contributed by atoms with Crippen LogP contribution in [0.15, 0.2) is 21.2 Å². The number of halogens is 1. The molecule has 0 bridgehead atoms. The van der Waals surface area contributed by atoms with Crippen LogP contribution >= 0.6 is 15.9 Å². The molecule has 0 aliphatic rings. The number of imidazole rings is 1. The highest BCUT2D eigenvalue weighted by molar-refractivity contribution is 9.10. The summed E-state index contributed by atoms with van der Waals surface area (Å²) in [7, 11) is 0. The van der Waals surface area contributed by atoms with E-state index < -0.39 is 0 Å². The van der Waals surface area contributed by atoms with Gasteiger partial charge in [0.1, 0.15) is 12.4 Å². The minimum atomic E-state index is 0.501. The molecule has 0 saturated carbocycles. The molecule has 0 saturated heterocycles. The lowest BCUT2D eigenvalue weighted by Gasteiger charge is -2.02. The molecule has 0 aromatic carbocycles. The highest BCUT2D eigenvalue weighted by Crippen LogP contribution is 2.19. The van der Waals surface area contributed by atoms with E-state index in [1.807, 2.05) is 17.6 Å². The Labute approximate surface area is 111 Å². The largest absolute Gasteiger partial charge is 0.424 e. The van der Waals surface area contributed by atoms with Crippen LogP contribution in [0.3, 0.4) is 0 Å². The molecule has 7 heteroatoms. The molecule has 6 nitrogen and oxygen atoms in total. The molecule has 3 aromatic rings. The maximum Gasteiger partial charge on any atom is 0.236 e. The van der Waals surface area contributed by atoms with E-state index in [4.69, 9.17) is 4.42 Å². The first-order valence-electron chi connectivity index (χ1n) is 5.41. The number of aryl methyl sites for hydroxylation is 2. The Morgan fingerprint density at radius 1 is 1.33 bits per heavy atom. The second-order valence-corrected chi connectivity index (χ2v) is 4.87. The highest BCUT2D eigenvalue weighted by atomic mass is 79.9. The van der Waals surface area contributed by atoms with E-state index in [9.17, 15) is 0 Å². The SMILES string of the molecule is Cc1nnc(Cn2c(C)nc3ncc(Br)cc32)o1. The zero-order valence-corrected chi connectivity index (χ0v) is 11.5. The lowest BCUT2D eigenvalue weighted by atomic mass is 10.4. The van der Waals surface area contributed by atoms with Gasteiger partial charge in [-0.25, -0.2) is 9.97 Å². The molecule has 0 N–H and O–H groups in total. The molecular formula is C11H10BrN5O. The lowest BCUT2D eigenvalue weighted by Crippen LogP contribution is -2.02. The summed E-state index contributed by atoms with van der Waals surface area (Å²) in [6, 6.07) is 1.98. The molecule has 0 amide bonds. The van der Waals surface area contributed by atoms with Gasteiger partial charge in [-0.05, 0) is 28.9 Å². The molecule has 0 aliphatic carbocycles. The number of hydrogen-bond donors (Lipinski definition) is 0. The van der Waals surface area contributed by atoms with Crippen molar-refractivity contribution in [3.8, 4) is 0 Å². The summed E-state index contributed by atoms with van der Waals surface area (Å²) in [6.07, 6.45) is 1.73. The van der Waals surface area contributed by atoms with E-state index in [1.54, 1.807) is 13.1 Å². The number of fused-ring (bicyclic) bond motifs is 1. The molecule has 3 rings (SSSR count). The Morgan fingerprint density at radius 2 is 2.17 bits per heavy atom. The van der Waals surface area contributed by atoms with E-state index >= 15 is 0 Å². The first-order valence-corrected chi connectivity index (χ1v) is 6.20. The standard InChI is InChI=1S/C11H10BrN5O/c1-6-14-11-9(3-8(12)4-13-11)17(6)5-10-16-15-7(2)18-10/h3-4H,5H2,1-2H3. The maximum absolute atomic E-state index is 5.39. The van der Waals surface area contributed by atoms with Crippen LogP contribution < -0.4 is 0 Å². The van der Waals surface area contributed by atoms with Gasteiger partial charge >= 0.3 is 0 Å². The van der Waals surface area contributed by atoms with Crippen molar-refractivity contribution in [2.45, 2.75) is 20.4 Å². The number of aromatic nitrogens is 5. The smallest absolute Gasteiger partial charge is 0.236 e. The number of hydrogen-bond acceptors (Lipinski definition) is 5. The Balaban J connectivity index is 2.10. The second-order valence-electron chi connectivity index (χ2n) is 3.96. The van der Waals surface area contributed by atoms with E-state index in [0.717, 1.165) is 15.8 Å². The lowest BCUT2D eigenvalue weighted by molar-refractivity contribution is 0.455. The molecule has 0 atom stereocenters. The van der Waals surface area contributed by atoms with Crippen molar-refractivity contribution in [2.75, 3.05) is 0 Å². The monoisotopic (exact) mass is 307 g/mol. The van der Waals surface area contributed by atoms with Gasteiger partial charge in [-0.1, -0.05) is 0 Å². The predicted octanol–water partition coefficient (Wildman–Crippen LogP) is 2.24. The third-order valence-corrected chi connectivity index (χ3v) is 3.06. The molecule has 0 fully saturated rings. The molecule has 92 valence electrons. The third-order valence-electron chi connectivity index (χ3n) is 2.62. The fourth-order valence-corrected chi connectivity index (χ4v) is 2.15. The summed E-state index contributed by atoms with van der Waals surface area (Å²) in [5.41, 5.74) is 1.66. The summed E-state index contributed by atoms with van der Waals surface area (Å²) in [5.74, 6) is 1.99. The number of rotatable bonds is 2. The van der Waals surface area contributed by atoms with Gasteiger partial charge in [0.05, 0.1) is 5.52 Å². The fraction of sp³-hybridized carbons (Fsp3) is 0.273. The van der Waals surface area contributed by atoms with Crippen LogP contribution in [-0.4, -0.2) is 24.7 Å². The first kappa shape index (κ1) is 11.3. The Kier molecular flexibility index (Phi) is 2.62. The molecular weight excluding hydrogens is 298 g/mol. The Hall–Kier alpha value is -1.76. The van der Waals surface area contributed by atoms with Crippen LogP contribution in [0.1, 0.15) is 17.6 Å². The van der Waals surface area contributed by atoms with Crippen LogP contribution in [0, 0.1) is 13.8 Å². The first-order chi connectivity index (χ1) is 8.63. The van der Waals surface area contributed by atoms with Crippen LogP contribution in [0.5, 0.6) is 0 Å². The summed E-state index contributed by atoms with van der Waals surface area (Å²) in [4.78, 5) is 8.66. The van der Waals surface area contributed by atoms with Crippen LogP contribution in [0.2, 0.25) is 0 Å². The summed E-state index contributed by atoms with van der Waals surface area (Å²) >= 11 is 3.41. The quantitative estimate of drug-likeness (QED) is 0.726. The van der Waals surface area contributed by atoms with Crippen molar-refractivity contribution in [3.05, 3.63) is 34.3 Å². The molecule has 0 aliphatic heterocycles. The summed E-state index contributed by atoms with van der Waals surface area (Å²) < 4.78 is 8.30. The van der Waals surface area contributed by atoms with Crippen LogP contribution in [-0.2, 0) is 6.54 Å².